The zero-order chi connectivity index (χ0) is 22.9. The number of Topliss-reactive ketones (excluding diaryl/α,β-unsaturated/α-hetero) is 1. The summed E-state index contributed by atoms with van der Waals surface area (Å²) < 4.78 is 20.0. The molecule has 9 heteroatoms. The number of carbonyl (C=O) groups excluding carboxylic acids is 4. The SMILES string of the molecule is COC(=O)C(C(=O)OC)C(=O)[C@@H](NC(=O)OC(C)(C)C)C(C)OCc1ccccc1. The highest BCUT2D eigenvalue weighted by Crippen LogP contribution is 2.15. The predicted molar refractivity (Wildman–Crippen MR) is 106 cm³/mol. The largest absolute Gasteiger partial charge is 0.468 e. The van der Waals surface area contributed by atoms with Gasteiger partial charge in [0.25, 0.3) is 0 Å². The van der Waals surface area contributed by atoms with E-state index in [0.717, 1.165) is 19.8 Å². The zero-order valence-corrected chi connectivity index (χ0v) is 18.1. The number of rotatable bonds is 9. The maximum absolute atomic E-state index is 13.0. The average molecular weight is 423 g/mol. The summed E-state index contributed by atoms with van der Waals surface area (Å²) in [6, 6.07) is 7.80. The number of methoxy groups -OCH3 is 2. The minimum absolute atomic E-state index is 0.142. The maximum Gasteiger partial charge on any atom is 0.408 e. The molecule has 1 unspecified atom stereocenters. The molecule has 30 heavy (non-hydrogen) atoms. The van der Waals surface area contributed by atoms with E-state index in [4.69, 9.17) is 9.47 Å². The highest BCUT2D eigenvalue weighted by Gasteiger charge is 2.43. The monoisotopic (exact) mass is 423 g/mol. The van der Waals surface area contributed by atoms with Crippen molar-refractivity contribution >= 4 is 23.8 Å². The van der Waals surface area contributed by atoms with Crippen LogP contribution in [0.1, 0.15) is 33.3 Å². The van der Waals surface area contributed by atoms with E-state index in [0.29, 0.717) is 0 Å². The number of amides is 1. The summed E-state index contributed by atoms with van der Waals surface area (Å²) in [6.45, 7) is 6.65. The zero-order valence-electron chi connectivity index (χ0n) is 18.1. The van der Waals surface area contributed by atoms with Gasteiger partial charge < -0.3 is 24.3 Å². The van der Waals surface area contributed by atoms with Crippen molar-refractivity contribution in [3.8, 4) is 0 Å². The van der Waals surface area contributed by atoms with Gasteiger partial charge in [-0.3, -0.25) is 14.4 Å². The molecule has 1 rings (SSSR count). The normalized spacial score (nSPS) is 13.2. The minimum Gasteiger partial charge on any atom is -0.468 e. The molecule has 2 atom stereocenters. The van der Waals surface area contributed by atoms with Gasteiger partial charge in [-0.15, -0.1) is 0 Å². The van der Waals surface area contributed by atoms with Crippen LogP contribution in [0.5, 0.6) is 0 Å². The number of carbonyl (C=O) groups is 4. The molecule has 0 heterocycles. The van der Waals surface area contributed by atoms with Crippen molar-refractivity contribution in [1.82, 2.24) is 5.32 Å². The molecular weight excluding hydrogens is 394 g/mol. The number of nitrogens with one attached hydrogen (secondary N) is 1. The third-order valence-corrected chi connectivity index (χ3v) is 3.96. The lowest BCUT2D eigenvalue weighted by Crippen LogP contribution is -2.54. The first-order valence-electron chi connectivity index (χ1n) is 9.34. The van der Waals surface area contributed by atoms with Crippen LogP contribution in [0.25, 0.3) is 0 Å². The Bertz CT molecular complexity index is 725. The van der Waals surface area contributed by atoms with Crippen LogP contribution in [-0.2, 0) is 39.9 Å². The van der Waals surface area contributed by atoms with Crippen molar-refractivity contribution in [3.05, 3.63) is 35.9 Å². The molecule has 0 saturated heterocycles. The summed E-state index contributed by atoms with van der Waals surface area (Å²) in [5.41, 5.74) is 0.0147. The number of ketones is 1. The van der Waals surface area contributed by atoms with Gasteiger partial charge in [-0.2, -0.15) is 0 Å². The van der Waals surface area contributed by atoms with Crippen molar-refractivity contribution in [3.63, 3.8) is 0 Å². The van der Waals surface area contributed by atoms with Crippen LogP contribution >= 0.6 is 0 Å². The Kier molecular flexibility index (Phi) is 9.45. The smallest absolute Gasteiger partial charge is 0.408 e. The molecule has 1 aromatic rings. The number of hydrogen-bond acceptors (Lipinski definition) is 8. The van der Waals surface area contributed by atoms with E-state index in [2.05, 4.69) is 14.8 Å². The van der Waals surface area contributed by atoms with E-state index in [1.165, 1.54) is 6.92 Å². The Hall–Kier alpha value is -2.94. The molecule has 0 spiro atoms. The van der Waals surface area contributed by atoms with E-state index in [9.17, 15) is 19.2 Å². The van der Waals surface area contributed by atoms with E-state index < -0.39 is 47.5 Å². The third-order valence-electron chi connectivity index (χ3n) is 3.96. The van der Waals surface area contributed by atoms with Gasteiger partial charge in [-0.1, -0.05) is 30.3 Å². The molecule has 0 bridgehead atoms. The molecule has 0 saturated carbocycles. The molecule has 1 N–H and O–H groups in total. The number of hydrogen-bond donors (Lipinski definition) is 1. The molecule has 0 aliphatic rings. The van der Waals surface area contributed by atoms with Gasteiger partial charge in [0, 0.05) is 0 Å². The number of esters is 2. The Labute approximate surface area is 176 Å². The summed E-state index contributed by atoms with van der Waals surface area (Å²) in [5.74, 6) is -5.00. The first-order valence-corrected chi connectivity index (χ1v) is 9.34. The Morgan fingerprint density at radius 3 is 1.97 bits per heavy atom. The second-order valence-corrected chi connectivity index (χ2v) is 7.51. The van der Waals surface area contributed by atoms with E-state index in [1.54, 1.807) is 20.8 Å². The summed E-state index contributed by atoms with van der Waals surface area (Å²) >= 11 is 0. The van der Waals surface area contributed by atoms with E-state index in [-0.39, 0.29) is 6.61 Å². The highest BCUT2D eigenvalue weighted by atomic mass is 16.6. The second kappa shape index (κ2) is 11.3. The molecule has 0 radical (unpaired) electrons. The van der Waals surface area contributed by atoms with Crippen LogP contribution < -0.4 is 5.32 Å². The highest BCUT2D eigenvalue weighted by molar-refractivity contribution is 6.17. The van der Waals surface area contributed by atoms with Gasteiger partial charge in [-0.25, -0.2) is 4.79 Å². The molecule has 1 aromatic carbocycles. The van der Waals surface area contributed by atoms with Crippen molar-refractivity contribution in [2.45, 2.75) is 52.0 Å². The summed E-state index contributed by atoms with van der Waals surface area (Å²) in [4.78, 5) is 49.4. The van der Waals surface area contributed by atoms with Crippen molar-refractivity contribution in [2.24, 2.45) is 5.92 Å². The molecular formula is C21H29NO8. The van der Waals surface area contributed by atoms with Gasteiger partial charge in [0.15, 0.2) is 5.78 Å². The van der Waals surface area contributed by atoms with Crippen LogP contribution in [0, 0.1) is 5.92 Å². The van der Waals surface area contributed by atoms with Crippen LogP contribution in [0.15, 0.2) is 30.3 Å². The molecule has 166 valence electrons. The number of benzene rings is 1. The molecule has 0 aliphatic heterocycles. The second-order valence-electron chi connectivity index (χ2n) is 7.51. The Morgan fingerprint density at radius 1 is 0.967 bits per heavy atom. The van der Waals surface area contributed by atoms with Gasteiger partial charge in [0.1, 0.15) is 11.6 Å². The van der Waals surface area contributed by atoms with Gasteiger partial charge in [0.2, 0.25) is 5.92 Å². The topological polar surface area (TPSA) is 117 Å². The summed E-state index contributed by atoms with van der Waals surface area (Å²) in [6.07, 6.45) is -1.80. The lowest BCUT2D eigenvalue weighted by Gasteiger charge is -2.28. The quantitative estimate of drug-likeness (QED) is 0.364. The first-order chi connectivity index (χ1) is 14.0. The Balaban J connectivity index is 3.10. The predicted octanol–water partition coefficient (Wildman–Crippen LogP) is 2.02. The van der Waals surface area contributed by atoms with Crippen molar-refractivity contribution < 1.29 is 38.1 Å². The van der Waals surface area contributed by atoms with E-state index >= 15 is 0 Å². The molecule has 0 fully saturated rings. The van der Waals surface area contributed by atoms with Gasteiger partial charge in [0.05, 0.1) is 26.9 Å². The Morgan fingerprint density at radius 2 is 1.50 bits per heavy atom. The average Bonchev–Trinajstić information content (AvgIpc) is 2.69. The lowest BCUT2D eigenvalue weighted by atomic mass is 9.95. The van der Waals surface area contributed by atoms with Crippen molar-refractivity contribution in [2.75, 3.05) is 14.2 Å². The maximum atomic E-state index is 13.0. The molecule has 9 nitrogen and oxygen atoms in total. The van der Waals surface area contributed by atoms with Crippen LogP contribution in [0.4, 0.5) is 4.79 Å². The molecule has 0 aromatic heterocycles. The fourth-order valence-electron chi connectivity index (χ4n) is 2.50. The first kappa shape index (κ1) is 25.1. The fraction of sp³-hybridized carbons (Fsp3) is 0.524. The van der Waals surface area contributed by atoms with E-state index in [1.807, 2.05) is 30.3 Å². The minimum atomic E-state index is -1.87. The standard InChI is InChI=1S/C21H29NO8/c1-13(29-12-14-10-8-7-9-11-14)16(22-20(26)30-21(2,3)4)17(23)15(18(24)27-5)19(25)28-6/h7-11,13,15-16H,12H2,1-6H3,(H,22,26)/t13?,16-/m0/s1. The van der Waals surface area contributed by atoms with Gasteiger partial charge in [-0.05, 0) is 33.3 Å². The van der Waals surface area contributed by atoms with Gasteiger partial charge >= 0.3 is 18.0 Å². The summed E-state index contributed by atoms with van der Waals surface area (Å²) in [5, 5.41) is 2.40. The van der Waals surface area contributed by atoms with Crippen LogP contribution in [-0.4, -0.2) is 55.8 Å². The van der Waals surface area contributed by atoms with Crippen molar-refractivity contribution in [1.29, 1.82) is 0 Å². The lowest BCUT2D eigenvalue weighted by molar-refractivity contribution is -0.162. The molecule has 1 amide bonds. The van der Waals surface area contributed by atoms with Crippen LogP contribution in [0.2, 0.25) is 0 Å². The van der Waals surface area contributed by atoms with Crippen LogP contribution in [0.3, 0.4) is 0 Å². The fourth-order valence-corrected chi connectivity index (χ4v) is 2.50. The summed E-state index contributed by atoms with van der Waals surface area (Å²) in [7, 11) is 2.08. The number of ether oxygens (including phenoxy) is 4. The number of alkyl carbamates (subject to hydrolysis) is 1. The third kappa shape index (κ3) is 7.82. The molecule has 0 aliphatic carbocycles.